The van der Waals surface area contributed by atoms with Crippen LogP contribution in [0.2, 0.25) is 0 Å². The number of hydrogen-bond donors (Lipinski definition) is 3. The molecule has 9 nitrogen and oxygen atoms in total. The Kier molecular flexibility index (Phi) is 5.95. The van der Waals surface area contributed by atoms with Gasteiger partial charge in [-0.25, -0.2) is 14.4 Å². The van der Waals surface area contributed by atoms with E-state index in [1.165, 1.54) is 6.92 Å². The van der Waals surface area contributed by atoms with E-state index in [4.69, 9.17) is 10.2 Å². The van der Waals surface area contributed by atoms with E-state index in [1.807, 2.05) is 0 Å². The highest BCUT2D eigenvalue weighted by molar-refractivity contribution is 5.95. The van der Waals surface area contributed by atoms with E-state index >= 15 is 0 Å². The number of carbonyl (C=O) groups excluding carboxylic acids is 1. The number of aromatic carboxylic acids is 2. The number of benzene rings is 1. The monoisotopic (exact) mass is 322 g/mol. The van der Waals surface area contributed by atoms with Gasteiger partial charge in [0.1, 0.15) is 5.76 Å². The third-order valence-corrected chi connectivity index (χ3v) is 2.49. The topological polar surface area (TPSA) is 146 Å². The van der Waals surface area contributed by atoms with Gasteiger partial charge in [-0.05, 0) is 32.0 Å². The van der Waals surface area contributed by atoms with E-state index in [-0.39, 0.29) is 23.4 Å². The van der Waals surface area contributed by atoms with Gasteiger partial charge >= 0.3 is 17.9 Å². The Hall–Kier alpha value is -3.23. The quantitative estimate of drug-likeness (QED) is 0.315. The molecule has 0 amide bonds. The summed E-state index contributed by atoms with van der Waals surface area (Å²) in [6.45, 7) is 2.82. The zero-order valence-corrected chi connectivity index (χ0v) is 12.3. The second kappa shape index (κ2) is 7.69. The predicted molar refractivity (Wildman–Crippen MR) is 76.8 cm³/mol. The van der Waals surface area contributed by atoms with Gasteiger partial charge in [0.15, 0.2) is 0 Å². The van der Waals surface area contributed by atoms with Crippen molar-refractivity contribution < 1.29 is 34.4 Å². The molecule has 0 radical (unpaired) electrons. The number of hydrogen-bond acceptors (Lipinski definition) is 7. The molecule has 0 spiro atoms. The smallest absolute Gasteiger partial charge is 0.362 e. The molecule has 0 fully saturated rings. The zero-order valence-electron chi connectivity index (χ0n) is 12.3. The summed E-state index contributed by atoms with van der Waals surface area (Å²) in [6, 6.07) is 3.12. The Bertz CT molecular complexity index is 671. The summed E-state index contributed by atoms with van der Waals surface area (Å²) in [5.41, 5.74) is -1.18. The zero-order chi connectivity index (χ0) is 17.6. The second-order valence-corrected chi connectivity index (χ2v) is 4.23. The van der Waals surface area contributed by atoms with E-state index < -0.39 is 29.4 Å². The Morgan fingerprint density at radius 3 is 1.96 bits per heavy atom. The molecule has 1 rings (SSSR count). The van der Waals surface area contributed by atoms with Crippen LogP contribution < -0.4 is 0 Å². The second-order valence-electron chi connectivity index (χ2n) is 4.23. The fraction of sp³-hybridized carbons (Fsp3) is 0.214. The van der Waals surface area contributed by atoms with Crippen LogP contribution in [0.5, 0.6) is 0 Å². The summed E-state index contributed by atoms with van der Waals surface area (Å²) >= 11 is 0. The maximum Gasteiger partial charge on any atom is 0.362 e. The van der Waals surface area contributed by atoms with Gasteiger partial charge in [-0.2, -0.15) is 5.11 Å². The first-order valence-corrected chi connectivity index (χ1v) is 6.36. The summed E-state index contributed by atoms with van der Waals surface area (Å²) in [7, 11) is 0. The number of carboxylic acids is 2. The molecule has 0 aliphatic rings. The van der Waals surface area contributed by atoms with Crippen molar-refractivity contribution in [1.82, 2.24) is 0 Å². The first-order valence-electron chi connectivity index (χ1n) is 6.36. The molecule has 0 unspecified atom stereocenters. The molecule has 0 saturated heterocycles. The molecule has 1 aromatic rings. The van der Waals surface area contributed by atoms with Crippen LogP contribution in [0.1, 0.15) is 34.6 Å². The Morgan fingerprint density at radius 1 is 1.04 bits per heavy atom. The summed E-state index contributed by atoms with van der Waals surface area (Å²) < 4.78 is 4.68. The Labute approximate surface area is 130 Å². The first-order chi connectivity index (χ1) is 10.8. The van der Waals surface area contributed by atoms with Crippen molar-refractivity contribution in [1.29, 1.82) is 0 Å². The van der Waals surface area contributed by atoms with Crippen molar-refractivity contribution >= 4 is 23.6 Å². The van der Waals surface area contributed by atoms with Crippen molar-refractivity contribution in [3.63, 3.8) is 0 Å². The van der Waals surface area contributed by atoms with Gasteiger partial charge in [0, 0.05) is 0 Å². The van der Waals surface area contributed by atoms with Gasteiger partial charge in [-0.1, -0.05) is 0 Å². The van der Waals surface area contributed by atoms with Crippen LogP contribution in [-0.2, 0) is 9.53 Å². The lowest BCUT2D eigenvalue weighted by molar-refractivity contribution is -0.138. The lowest BCUT2D eigenvalue weighted by Crippen LogP contribution is -2.07. The molecule has 122 valence electrons. The number of nitrogens with zero attached hydrogens (tertiary/aromatic N) is 2. The van der Waals surface area contributed by atoms with Crippen LogP contribution in [0.25, 0.3) is 0 Å². The van der Waals surface area contributed by atoms with E-state index in [0.717, 1.165) is 18.2 Å². The molecular weight excluding hydrogens is 308 g/mol. The lowest BCUT2D eigenvalue weighted by atomic mass is 10.1. The molecule has 0 bridgehead atoms. The number of aliphatic hydroxyl groups excluding tert-OH is 1. The van der Waals surface area contributed by atoms with Gasteiger partial charge in [-0.3, -0.25) is 0 Å². The molecule has 0 aliphatic carbocycles. The van der Waals surface area contributed by atoms with Crippen LogP contribution in [0.3, 0.4) is 0 Å². The van der Waals surface area contributed by atoms with E-state index in [9.17, 15) is 19.5 Å². The molecule has 3 N–H and O–H groups in total. The van der Waals surface area contributed by atoms with Crippen molar-refractivity contribution in [2.75, 3.05) is 6.61 Å². The molecule has 0 atom stereocenters. The molecule has 0 aliphatic heterocycles. The van der Waals surface area contributed by atoms with Gasteiger partial charge in [-0.15, -0.1) is 5.11 Å². The van der Waals surface area contributed by atoms with Crippen molar-refractivity contribution in [2.45, 2.75) is 13.8 Å². The fourth-order valence-corrected chi connectivity index (χ4v) is 1.48. The fourth-order valence-electron chi connectivity index (χ4n) is 1.48. The number of esters is 1. The summed E-state index contributed by atoms with van der Waals surface area (Å²) in [5, 5.41) is 34.4. The number of carboxylic acid groups (broad SMARTS) is 2. The molecule has 0 heterocycles. The lowest BCUT2D eigenvalue weighted by Gasteiger charge is -2.03. The number of ether oxygens (including phenoxy) is 1. The molecule has 0 saturated carbocycles. The van der Waals surface area contributed by atoms with E-state index in [1.54, 1.807) is 6.92 Å². The Balaban J connectivity index is 3.25. The SMILES string of the molecule is CCOC(=O)/C(N=Nc1cc(C(=O)O)cc(C(=O)O)c1)=C(\C)O. The minimum absolute atomic E-state index is 0.0583. The number of azo groups is 1. The first kappa shape index (κ1) is 17.8. The van der Waals surface area contributed by atoms with Crippen molar-refractivity contribution in [2.24, 2.45) is 10.2 Å². The normalized spacial score (nSPS) is 11.9. The van der Waals surface area contributed by atoms with Crippen LogP contribution in [0, 0.1) is 0 Å². The standard InChI is InChI=1S/C14H14N2O7/c1-3-23-14(22)11(7(2)17)16-15-10-5-8(12(18)19)4-9(6-10)13(20)21/h4-6,17H,3H2,1-2H3,(H,18,19)(H,20,21)/b11-7-,16-15?. The largest absolute Gasteiger partial charge is 0.510 e. The molecule has 23 heavy (non-hydrogen) atoms. The van der Waals surface area contributed by atoms with Crippen LogP contribution >= 0.6 is 0 Å². The maximum absolute atomic E-state index is 11.6. The summed E-state index contributed by atoms with van der Waals surface area (Å²) in [4.78, 5) is 33.5. The minimum atomic E-state index is -1.34. The van der Waals surface area contributed by atoms with Crippen molar-refractivity contribution in [3.8, 4) is 0 Å². The highest BCUT2D eigenvalue weighted by Gasteiger charge is 2.15. The van der Waals surface area contributed by atoms with E-state index in [0.29, 0.717) is 0 Å². The van der Waals surface area contributed by atoms with Gasteiger partial charge in [0.05, 0.1) is 23.4 Å². The third kappa shape index (κ3) is 4.92. The number of allylic oxidation sites excluding steroid dienone is 1. The molecule has 1 aromatic carbocycles. The maximum atomic E-state index is 11.6. The number of aliphatic hydroxyl groups is 1. The van der Waals surface area contributed by atoms with Crippen LogP contribution in [-0.4, -0.2) is 39.8 Å². The van der Waals surface area contributed by atoms with Crippen LogP contribution in [0.4, 0.5) is 5.69 Å². The number of rotatable bonds is 6. The average Bonchev–Trinajstić information content (AvgIpc) is 2.46. The highest BCUT2D eigenvalue weighted by atomic mass is 16.5. The number of carbonyl (C=O) groups is 3. The Morgan fingerprint density at radius 2 is 1.57 bits per heavy atom. The third-order valence-electron chi connectivity index (χ3n) is 2.49. The summed E-state index contributed by atoms with van der Waals surface area (Å²) in [6.07, 6.45) is 0. The average molecular weight is 322 g/mol. The molecule has 9 heteroatoms. The highest BCUT2D eigenvalue weighted by Crippen LogP contribution is 2.20. The van der Waals surface area contributed by atoms with Crippen LogP contribution in [0.15, 0.2) is 39.9 Å². The van der Waals surface area contributed by atoms with E-state index in [2.05, 4.69) is 15.0 Å². The van der Waals surface area contributed by atoms with Gasteiger partial charge in [0.2, 0.25) is 5.70 Å². The minimum Gasteiger partial charge on any atom is -0.510 e. The summed E-state index contributed by atoms with van der Waals surface area (Å²) in [5.74, 6) is -4.04. The van der Waals surface area contributed by atoms with Crippen molar-refractivity contribution in [3.05, 3.63) is 40.8 Å². The van der Waals surface area contributed by atoms with Gasteiger partial charge in [0.25, 0.3) is 0 Å². The van der Waals surface area contributed by atoms with Gasteiger partial charge < -0.3 is 20.1 Å². The molecular formula is C14H14N2O7. The predicted octanol–water partition coefficient (Wildman–Crippen LogP) is 2.52. The molecule has 0 aromatic heterocycles.